The van der Waals surface area contributed by atoms with Gasteiger partial charge in [0, 0.05) is 18.1 Å². The molecular weight excluding hydrogens is 303 g/mol. The van der Waals surface area contributed by atoms with E-state index in [1.54, 1.807) is 0 Å². The Morgan fingerprint density at radius 2 is 1.90 bits per heavy atom. The van der Waals surface area contributed by atoms with Gasteiger partial charge in [0.2, 0.25) is 0 Å². The van der Waals surface area contributed by atoms with Gasteiger partial charge in [0.1, 0.15) is 0 Å². The SMILES string of the molecule is CCNC(CCN(C)C(C)(C)CC)c1cccc(Cl)c1Cl. The number of benzene rings is 1. The van der Waals surface area contributed by atoms with Crippen LogP contribution in [0.25, 0.3) is 0 Å². The predicted octanol–water partition coefficient (Wildman–Crippen LogP) is 5.15. The van der Waals surface area contributed by atoms with Crippen LogP contribution in [0.4, 0.5) is 0 Å². The van der Waals surface area contributed by atoms with Gasteiger partial charge in [-0.05, 0) is 51.9 Å². The lowest BCUT2D eigenvalue weighted by atomic mass is 9.98. The number of rotatable bonds is 8. The monoisotopic (exact) mass is 330 g/mol. The van der Waals surface area contributed by atoms with Crippen molar-refractivity contribution in [1.29, 1.82) is 0 Å². The molecule has 1 atom stereocenters. The molecule has 0 heterocycles. The molecule has 2 nitrogen and oxygen atoms in total. The first-order chi connectivity index (χ1) is 9.83. The largest absolute Gasteiger partial charge is 0.310 e. The molecular formula is C17H28Cl2N2. The highest BCUT2D eigenvalue weighted by Crippen LogP contribution is 2.31. The van der Waals surface area contributed by atoms with Gasteiger partial charge >= 0.3 is 0 Å². The quantitative estimate of drug-likeness (QED) is 0.708. The molecule has 0 aromatic heterocycles. The molecule has 1 N–H and O–H groups in total. The molecule has 0 saturated carbocycles. The Balaban J connectivity index is 2.81. The highest BCUT2D eigenvalue weighted by molar-refractivity contribution is 6.42. The van der Waals surface area contributed by atoms with E-state index in [0.29, 0.717) is 10.0 Å². The van der Waals surface area contributed by atoms with Crippen LogP contribution in [0.15, 0.2) is 18.2 Å². The van der Waals surface area contributed by atoms with Crippen molar-refractivity contribution >= 4 is 23.2 Å². The van der Waals surface area contributed by atoms with E-state index in [2.05, 4.69) is 51.0 Å². The van der Waals surface area contributed by atoms with E-state index in [9.17, 15) is 0 Å². The summed E-state index contributed by atoms with van der Waals surface area (Å²) in [5.41, 5.74) is 1.31. The molecule has 120 valence electrons. The van der Waals surface area contributed by atoms with Crippen LogP contribution in [-0.2, 0) is 0 Å². The maximum Gasteiger partial charge on any atom is 0.0640 e. The normalized spacial score (nSPS) is 13.7. The number of nitrogens with zero attached hydrogens (tertiary/aromatic N) is 1. The van der Waals surface area contributed by atoms with Crippen molar-refractivity contribution < 1.29 is 0 Å². The maximum atomic E-state index is 6.37. The maximum absolute atomic E-state index is 6.37. The molecule has 1 unspecified atom stereocenters. The lowest BCUT2D eigenvalue weighted by molar-refractivity contribution is 0.144. The molecule has 1 aromatic carbocycles. The highest BCUT2D eigenvalue weighted by atomic mass is 35.5. The fraction of sp³-hybridized carbons (Fsp3) is 0.647. The Bertz CT molecular complexity index is 446. The molecule has 0 aliphatic rings. The van der Waals surface area contributed by atoms with Crippen LogP contribution in [0, 0.1) is 0 Å². The smallest absolute Gasteiger partial charge is 0.0640 e. The Morgan fingerprint density at radius 1 is 1.24 bits per heavy atom. The molecule has 0 spiro atoms. The van der Waals surface area contributed by atoms with Gasteiger partial charge in [-0.2, -0.15) is 0 Å². The second-order valence-corrected chi connectivity index (χ2v) is 6.91. The zero-order valence-electron chi connectivity index (χ0n) is 13.8. The molecule has 0 amide bonds. The van der Waals surface area contributed by atoms with E-state index in [4.69, 9.17) is 23.2 Å². The van der Waals surface area contributed by atoms with E-state index < -0.39 is 0 Å². The molecule has 0 saturated heterocycles. The number of nitrogens with one attached hydrogen (secondary N) is 1. The third-order valence-corrected chi connectivity index (χ3v) is 5.29. The summed E-state index contributed by atoms with van der Waals surface area (Å²) < 4.78 is 0. The van der Waals surface area contributed by atoms with E-state index in [1.807, 2.05) is 12.1 Å². The number of hydrogen-bond acceptors (Lipinski definition) is 2. The Labute approximate surface area is 139 Å². The van der Waals surface area contributed by atoms with Crippen LogP contribution in [0.1, 0.15) is 52.1 Å². The molecule has 21 heavy (non-hydrogen) atoms. The number of halogens is 2. The lowest BCUT2D eigenvalue weighted by Crippen LogP contribution is -2.42. The standard InChI is InChI=1S/C17H28Cl2N2/c1-6-17(3,4)21(5)12-11-15(20-7-2)13-9-8-10-14(18)16(13)19/h8-10,15,20H,6-7,11-12H2,1-5H3. The van der Waals surface area contributed by atoms with Gasteiger partial charge in [-0.15, -0.1) is 0 Å². The van der Waals surface area contributed by atoms with Gasteiger partial charge in [-0.25, -0.2) is 0 Å². The first-order valence-corrected chi connectivity index (χ1v) is 8.47. The summed E-state index contributed by atoms with van der Waals surface area (Å²) >= 11 is 12.5. The highest BCUT2D eigenvalue weighted by Gasteiger charge is 2.23. The fourth-order valence-corrected chi connectivity index (χ4v) is 2.74. The summed E-state index contributed by atoms with van der Waals surface area (Å²) in [7, 11) is 2.19. The van der Waals surface area contributed by atoms with Crippen LogP contribution in [-0.4, -0.2) is 30.6 Å². The van der Waals surface area contributed by atoms with Crippen LogP contribution >= 0.6 is 23.2 Å². The molecule has 1 rings (SSSR count). The summed E-state index contributed by atoms with van der Waals surface area (Å²) in [6, 6.07) is 6.10. The van der Waals surface area contributed by atoms with Gasteiger partial charge in [0.05, 0.1) is 10.0 Å². The number of hydrogen-bond donors (Lipinski definition) is 1. The summed E-state index contributed by atoms with van der Waals surface area (Å²) in [6.45, 7) is 10.8. The van der Waals surface area contributed by atoms with Crippen LogP contribution in [0.5, 0.6) is 0 Å². The van der Waals surface area contributed by atoms with Gasteiger partial charge < -0.3 is 10.2 Å². The summed E-state index contributed by atoms with van der Waals surface area (Å²) in [5, 5.41) is 4.82. The van der Waals surface area contributed by atoms with Crippen LogP contribution in [0.3, 0.4) is 0 Å². The molecule has 1 aromatic rings. The molecule has 0 bridgehead atoms. The summed E-state index contributed by atoms with van der Waals surface area (Å²) in [5.74, 6) is 0. The van der Waals surface area contributed by atoms with Crippen molar-refractivity contribution in [3.05, 3.63) is 33.8 Å². The second-order valence-electron chi connectivity index (χ2n) is 6.13. The van der Waals surface area contributed by atoms with Crippen LogP contribution < -0.4 is 5.32 Å². The molecule has 0 aliphatic carbocycles. The van der Waals surface area contributed by atoms with E-state index in [-0.39, 0.29) is 11.6 Å². The fourth-order valence-electron chi connectivity index (χ4n) is 2.30. The third-order valence-electron chi connectivity index (χ3n) is 4.46. The molecule has 0 fully saturated rings. The second kappa shape index (κ2) is 8.38. The van der Waals surface area contributed by atoms with Crippen molar-refractivity contribution in [3.8, 4) is 0 Å². The average molecular weight is 331 g/mol. The topological polar surface area (TPSA) is 15.3 Å². The molecule has 0 radical (unpaired) electrons. The van der Waals surface area contributed by atoms with Crippen molar-refractivity contribution in [3.63, 3.8) is 0 Å². The summed E-state index contributed by atoms with van der Waals surface area (Å²) in [6.07, 6.45) is 2.14. The van der Waals surface area contributed by atoms with E-state index >= 15 is 0 Å². The minimum absolute atomic E-state index is 0.217. The third kappa shape index (κ3) is 5.14. The predicted molar refractivity (Wildman–Crippen MR) is 94.5 cm³/mol. The lowest BCUT2D eigenvalue weighted by Gasteiger charge is -2.36. The first kappa shape index (κ1) is 18.8. The summed E-state index contributed by atoms with van der Waals surface area (Å²) in [4.78, 5) is 2.41. The zero-order valence-corrected chi connectivity index (χ0v) is 15.4. The van der Waals surface area contributed by atoms with Gasteiger partial charge in [0.25, 0.3) is 0 Å². The van der Waals surface area contributed by atoms with Gasteiger partial charge in [-0.1, -0.05) is 49.2 Å². The molecule has 0 aliphatic heterocycles. The van der Waals surface area contributed by atoms with Crippen LogP contribution in [0.2, 0.25) is 10.0 Å². The van der Waals surface area contributed by atoms with Gasteiger partial charge in [0.15, 0.2) is 0 Å². The minimum Gasteiger partial charge on any atom is -0.310 e. The minimum atomic E-state index is 0.217. The molecule has 4 heteroatoms. The van der Waals surface area contributed by atoms with Crippen molar-refractivity contribution in [2.45, 2.75) is 52.1 Å². The first-order valence-electron chi connectivity index (χ1n) is 7.72. The van der Waals surface area contributed by atoms with E-state index in [1.165, 1.54) is 0 Å². The zero-order chi connectivity index (χ0) is 16.0. The van der Waals surface area contributed by atoms with Crippen molar-refractivity contribution in [2.75, 3.05) is 20.1 Å². The van der Waals surface area contributed by atoms with Gasteiger partial charge in [-0.3, -0.25) is 0 Å². The Hall–Kier alpha value is -0.280. The van der Waals surface area contributed by atoms with Crippen molar-refractivity contribution in [2.24, 2.45) is 0 Å². The average Bonchev–Trinajstić information content (AvgIpc) is 2.46. The van der Waals surface area contributed by atoms with Crippen molar-refractivity contribution in [1.82, 2.24) is 10.2 Å². The Kier molecular flexibility index (Phi) is 7.49. The Morgan fingerprint density at radius 3 is 2.48 bits per heavy atom. The van der Waals surface area contributed by atoms with E-state index in [0.717, 1.165) is 31.5 Å².